The van der Waals surface area contributed by atoms with Gasteiger partial charge in [0.05, 0.1) is 25.5 Å². The summed E-state index contributed by atoms with van der Waals surface area (Å²) < 4.78 is 10.7. The maximum absolute atomic E-state index is 13.6. The number of anilines is 2. The molecule has 0 unspecified atom stereocenters. The summed E-state index contributed by atoms with van der Waals surface area (Å²) in [4.78, 5) is 28.2. The van der Waals surface area contributed by atoms with Gasteiger partial charge in [-0.2, -0.15) is 0 Å². The topological polar surface area (TPSA) is 67.9 Å². The van der Waals surface area contributed by atoms with Crippen LogP contribution in [0.3, 0.4) is 0 Å². The fourth-order valence-electron chi connectivity index (χ4n) is 3.49. The lowest BCUT2D eigenvalue weighted by molar-refractivity contribution is -0.120. The van der Waals surface area contributed by atoms with Crippen LogP contribution in [0.2, 0.25) is 0 Å². The molecule has 1 heterocycles. The maximum atomic E-state index is 13.6. The number of hydrogen-bond acceptors (Lipinski definition) is 5. The number of ether oxygens (including phenoxy) is 2. The maximum Gasteiger partial charge on any atom is 0.282 e. The number of hydrogen-bond donors (Lipinski definition) is 1. The third kappa shape index (κ3) is 3.75. The van der Waals surface area contributed by atoms with E-state index < -0.39 is 11.8 Å². The first-order valence-electron chi connectivity index (χ1n) is 9.77. The molecule has 0 fully saturated rings. The van der Waals surface area contributed by atoms with Crippen molar-refractivity contribution in [1.82, 2.24) is 0 Å². The summed E-state index contributed by atoms with van der Waals surface area (Å²) in [5, 5.41) is 3.16. The van der Waals surface area contributed by atoms with Crippen molar-refractivity contribution in [3.05, 3.63) is 89.6 Å². The number of aryl methyl sites for hydroxylation is 1. The van der Waals surface area contributed by atoms with Gasteiger partial charge in [0.25, 0.3) is 11.8 Å². The van der Waals surface area contributed by atoms with Gasteiger partial charge in [0.15, 0.2) is 0 Å². The van der Waals surface area contributed by atoms with Crippen molar-refractivity contribution < 1.29 is 19.1 Å². The van der Waals surface area contributed by atoms with E-state index in [-0.39, 0.29) is 5.70 Å². The lowest BCUT2D eigenvalue weighted by Gasteiger charge is -2.19. The number of carbonyl (C=O) groups excluding carboxylic acids is 2. The smallest absolute Gasteiger partial charge is 0.282 e. The molecule has 0 saturated carbocycles. The van der Waals surface area contributed by atoms with Gasteiger partial charge in [-0.05, 0) is 36.8 Å². The summed E-state index contributed by atoms with van der Waals surface area (Å²) >= 11 is 0. The summed E-state index contributed by atoms with van der Waals surface area (Å²) in [5.74, 6) is 0.0115. The Kier molecular flexibility index (Phi) is 5.45. The SMILES string of the molecule is COc1ccc(OC)c(N2C(=O)C(Nc3ccc(C)cc3)=C(c3ccccc3)C2=O)c1. The van der Waals surface area contributed by atoms with Crippen molar-refractivity contribution in [3.8, 4) is 11.5 Å². The predicted octanol–water partition coefficient (Wildman–Crippen LogP) is 4.41. The molecule has 1 N–H and O–H groups in total. The van der Waals surface area contributed by atoms with Crippen LogP contribution >= 0.6 is 0 Å². The highest BCUT2D eigenvalue weighted by Crippen LogP contribution is 2.39. The zero-order valence-electron chi connectivity index (χ0n) is 17.5. The highest BCUT2D eigenvalue weighted by Gasteiger charge is 2.41. The molecule has 4 rings (SSSR count). The van der Waals surface area contributed by atoms with Crippen molar-refractivity contribution in [2.45, 2.75) is 6.92 Å². The van der Waals surface area contributed by atoms with Crippen LogP contribution in [0.4, 0.5) is 11.4 Å². The van der Waals surface area contributed by atoms with Gasteiger partial charge in [-0.15, -0.1) is 0 Å². The summed E-state index contributed by atoms with van der Waals surface area (Å²) in [6.45, 7) is 1.99. The Bertz CT molecular complexity index is 1170. The van der Waals surface area contributed by atoms with Crippen molar-refractivity contribution in [2.75, 3.05) is 24.4 Å². The lowest BCUT2D eigenvalue weighted by atomic mass is 10.0. The van der Waals surface area contributed by atoms with Gasteiger partial charge in [0.1, 0.15) is 17.2 Å². The second-order valence-electron chi connectivity index (χ2n) is 7.09. The van der Waals surface area contributed by atoms with Gasteiger partial charge in [0, 0.05) is 11.8 Å². The van der Waals surface area contributed by atoms with Crippen LogP contribution in [0.15, 0.2) is 78.5 Å². The Balaban J connectivity index is 1.84. The number of nitrogens with one attached hydrogen (secondary N) is 1. The number of benzene rings is 3. The lowest BCUT2D eigenvalue weighted by Crippen LogP contribution is -2.32. The Labute approximate surface area is 180 Å². The molecular formula is C25H22N2O4. The summed E-state index contributed by atoms with van der Waals surface area (Å²) in [6, 6.07) is 21.8. The van der Waals surface area contributed by atoms with E-state index in [1.165, 1.54) is 14.2 Å². The molecule has 31 heavy (non-hydrogen) atoms. The molecule has 1 aliphatic rings. The summed E-state index contributed by atoms with van der Waals surface area (Å²) in [6.07, 6.45) is 0. The minimum atomic E-state index is -0.462. The van der Waals surface area contributed by atoms with Crippen molar-refractivity contribution >= 4 is 28.8 Å². The number of amides is 2. The molecule has 156 valence electrons. The van der Waals surface area contributed by atoms with E-state index in [9.17, 15) is 9.59 Å². The Morgan fingerprint density at radius 2 is 1.52 bits per heavy atom. The number of rotatable bonds is 6. The van der Waals surface area contributed by atoms with Crippen molar-refractivity contribution in [1.29, 1.82) is 0 Å². The normalized spacial score (nSPS) is 13.6. The van der Waals surface area contributed by atoms with Crippen molar-refractivity contribution in [3.63, 3.8) is 0 Å². The molecule has 0 aromatic heterocycles. The van der Waals surface area contributed by atoms with Gasteiger partial charge < -0.3 is 14.8 Å². The van der Waals surface area contributed by atoms with Gasteiger partial charge >= 0.3 is 0 Å². The van der Waals surface area contributed by atoms with Gasteiger partial charge in [-0.3, -0.25) is 9.59 Å². The number of carbonyl (C=O) groups is 2. The average Bonchev–Trinajstić information content (AvgIpc) is 3.04. The fraction of sp³-hybridized carbons (Fsp3) is 0.120. The van der Waals surface area contributed by atoms with Crippen LogP contribution in [-0.4, -0.2) is 26.0 Å². The van der Waals surface area contributed by atoms with E-state index in [1.54, 1.807) is 18.2 Å². The highest BCUT2D eigenvalue weighted by atomic mass is 16.5. The molecule has 0 spiro atoms. The second kappa shape index (κ2) is 8.36. The summed E-state index contributed by atoms with van der Waals surface area (Å²) in [7, 11) is 3.02. The second-order valence-corrected chi connectivity index (χ2v) is 7.09. The largest absolute Gasteiger partial charge is 0.497 e. The van der Waals surface area contributed by atoms with E-state index >= 15 is 0 Å². The van der Waals surface area contributed by atoms with E-state index in [4.69, 9.17) is 9.47 Å². The van der Waals surface area contributed by atoms with Crippen molar-refractivity contribution in [2.24, 2.45) is 0 Å². The zero-order chi connectivity index (χ0) is 22.0. The molecule has 0 atom stereocenters. The monoisotopic (exact) mass is 414 g/mol. The fourth-order valence-corrected chi connectivity index (χ4v) is 3.49. The van der Waals surface area contributed by atoms with E-state index in [1.807, 2.05) is 61.5 Å². The zero-order valence-corrected chi connectivity index (χ0v) is 17.5. The summed E-state index contributed by atoms with van der Waals surface area (Å²) in [5.41, 5.74) is 3.31. The first kappa shape index (κ1) is 20.2. The van der Waals surface area contributed by atoms with Gasteiger partial charge in [-0.25, -0.2) is 4.90 Å². The first-order valence-corrected chi connectivity index (χ1v) is 9.77. The first-order chi connectivity index (χ1) is 15.0. The van der Waals surface area contributed by atoms with E-state index in [0.717, 1.165) is 16.2 Å². The third-order valence-corrected chi connectivity index (χ3v) is 5.09. The van der Waals surface area contributed by atoms with Crippen LogP contribution in [0.25, 0.3) is 5.57 Å². The minimum Gasteiger partial charge on any atom is -0.497 e. The molecule has 3 aromatic rings. The molecule has 0 saturated heterocycles. The molecule has 0 radical (unpaired) electrons. The number of nitrogens with zero attached hydrogens (tertiary/aromatic N) is 1. The molecular weight excluding hydrogens is 392 g/mol. The van der Waals surface area contributed by atoms with E-state index in [2.05, 4.69) is 5.32 Å². The standard InChI is InChI=1S/C25H22N2O4/c1-16-9-11-18(12-10-16)26-23-22(17-7-5-4-6-8-17)24(28)27(25(23)29)20-15-19(30-2)13-14-21(20)31-3/h4-15,26H,1-3H3. The number of imide groups is 1. The molecule has 6 nitrogen and oxygen atoms in total. The van der Waals surface area contributed by atoms with Crippen LogP contribution in [0.5, 0.6) is 11.5 Å². The number of methoxy groups -OCH3 is 2. The van der Waals surface area contributed by atoms with E-state index in [0.29, 0.717) is 28.3 Å². The molecule has 0 bridgehead atoms. The molecule has 0 aliphatic carbocycles. The third-order valence-electron chi connectivity index (χ3n) is 5.09. The molecule has 3 aromatic carbocycles. The Morgan fingerprint density at radius 3 is 2.16 bits per heavy atom. The van der Waals surface area contributed by atoms with Crippen LogP contribution in [-0.2, 0) is 9.59 Å². The molecule has 6 heteroatoms. The van der Waals surface area contributed by atoms with Crippen LogP contribution < -0.4 is 19.7 Å². The van der Waals surface area contributed by atoms with Gasteiger partial charge in [-0.1, -0.05) is 48.0 Å². The van der Waals surface area contributed by atoms with Crippen LogP contribution in [0, 0.1) is 6.92 Å². The van der Waals surface area contributed by atoms with Gasteiger partial charge in [0.2, 0.25) is 0 Å². The molecule has 1 aliphatic heterocycles. The Morgan fingerprint density at radius 1 is 0.806 bits per heavy atom. The molecule has 2 amide bonds. The quantitative estimate of drug-likeness (QED) is 0.605. The minimum absolute atomic E-state index is 0.213. The highest BCUT2D eigenvalue weighted by molar-refractivity contribution is 6.46. The Hall–Kier alpha value is -4.06. The predicted molar refractivity (Wildman–Crippen MR) is 120 cm³/mol. The van der Waals surface area contributed by atoms with Crippen LogP contribution in [0.1, 0.15) is 11.1 Å². The average molecular weight is 414 g/mol.